The van der Waals surface area contributed by atoms with Gasteiger partial charge in [0.2, 0.25) is 0 Å². The van der Waals surface area contributed by atoms with Crippen LogP contribution >= 0.6 is 46.4 Å². The molecule has 0 saturated heterocycles. The maximum absolute atomic E-state index is 6.28. The average molecular weight is 568 g/mol. The number of aryl methyl sites for hydroxylation is 1. The van der Waals surface area contributed by atoms with Crippen molar-refractivity contribution in [3.05, 3.63) is 56.0 Å². The Balaban J connectivity index is 0.00000192. The van der Waals surface area contributed by atoms with Gasteiger partial charge in [-0.2, -0.15) is 0 Å². The van der Waals surface area contributed by atoms with Crippen molar-refractivity contribution in [2.24, 2.45) is 7.05 Å². The van der Waals surface area contributed by atoms with Crippen molar-refractivity contribution < 1.29 is 28.5 Å². The van der Waals surface area contributed by atoms with Crippen molar-refractivity contribution in [2.45, 2.75) is 6.54 Å². The minimum Gasteiger partial charge on any atom is -1.00 e. The van der Waals surface area contributed by atoms with Gasteiger partial charge in [-0.1, -0.05) is 46.4 Å². The number of halogens is 5. The molecule has 0 radical (unpaired) electrons. The molecule has 0 saturated carbocycles. The number of anilines is 2. The zero-order chi connectivity index (χ0) is 19.0. The topological polar surface area (TPSA) is 15.3 Å². The van der Waals surface area contributed by atoms with Gasteiger partial charge in [-0.3, -0.25) is 0 Å². The molecule has 0 spiro atoms. The van der Waals surface area contributed by atoms with Crippen molar-refractivity contribution >= 4 is 74.9 Å². The fraction of sp³-hybridized carbons (Fsp3) is 0.211. The van der Waals surface area contributed by atoms with Gasteiger partial charge in [0.15, 0.2) is 11.0 Å². The van der Waals surface area contributed by atoms with Gasteiger partial charge >= 0.3 is 0 Å². The minimum atomic E-state index is 0. The smallest absolute Gasteiger partial charge is 0.285 e. The van der Waals surface area contributed by atoms with Gasteiger partial charge in [0, 0.05) is 19.2 Å². The van der Waals surface area contributed by atoms with Crippen molar-refractivity contribution in [3.63, 3.8) is 0 Å². The van der Waals surface area contributed by atoms with Crippen LogP contribution in [0.3, 0.4) is 0 Å². The summed E-state index contributed by atoms with van der Waals surface area (Å²) in [5, 5.41) is 2.24. The molecule has 0 atom stereocenters. The predicted molar refractivity (Wildman–Crippen MR) is 113 cm³/mol. The Kier molecular flexibility index (Phi) is 5.20. The Morgan fingerprint density at radius 3 is 2.18 bits per heavy atom. The van der Waals surface area contributed by atoms with E-state index in [1.54, 1.807) is 0 Å². The van der Waals surface area contributed by atoms with Crippen LogP contribution in [0.15, 0.2) is 30.1 Å². The lowest BCUT2D eigenvalue weighted by Gasteiger charge is -2.19. The third kappa shape index (κ3) is 2.82. The Morgan fingerprint density at radius 2 is 1.46 bits per heavy atom. The van der Waals surface area contributed by atoms with Gasteiger partial charge in [-0.15, -0.1) is 0 Å². The molecule has 146 valence electrons. The van der Waals surface area contributed by atoms with E-state index in [1.807, 2.05) is 38.4 Å². The molecule has 28 heavy (non-hydrogen) atoms. The highest BCUT2D eigenvalue weighted by Gasteiger charge is 2.35. The van der Waals surface area contributed by atoms with Gasteiger partial charge in [0.25, 0.3) is 5.82 Å². The Labute approximate surface area is 199 Å². The number of aromatic nitrogens is 2. The van der Waals surface area contributed by atoms with Crippen LogP contribution in [0.4, 0.5) is 11.4 Å². The Bertz CT molecular complexity index is 1170. The lowest BCUT2D eigenvalue weighted by molar-refractivity contribution is -0.647. The van der Waals surface area contributed by atoms with Crippen LogP contribution in [-0.4, -0.2) is 18.2 Å². The van der Waals surface area contributed by atoms with E-state index >= 15 is 0 Å². The molecule has 2 aliphatic rings. The first-order valence-electron chi connectivity index (χ1n) is 8.46. The van der Waals surface area contributed by atoms with Gasteiger partial charge in [-0.25, -0.2) is 9.13 Å². The first-order chi connectivity index (χ1) is 12.9. The van der Waals surface area contributed by atoms with E-state index in [-0.39, 0.29) is 24.0 Å². The SMILES string of the molecule is CN1C2=Cc3n(c4cc(Cl)c(Cl)cc4[n+]3C)CCN2c2cc(Cl)c(Cl)cc21.[I-]. The number of rotatable bonds is 0. The number of hydrogen-bond donors (Lipinski definition) is 0. The van der Waals surface area contributed by atoms with E-state index < -0.39 is 0 Å². The molecule has 2 aliphatic heterocycles. The largest absolute Gasteiger partial charge is 1.00 e. The van der Waals surface area contributed by atoms with Crippen LogP contribution in [0.25, 0.3) is 17.1 Å². The molecule has 0 fully saturated rings. The van der Waals surface area contributed by atoms with Crippen molar-refractivity contribution in [3.8, 4) is 0 Å². The lowest BCUT2D eigenvalue weighted by Crippen LogP contribution is -3.00. The van der Waals surface area contributed by atoms with E-state index in [9.17, 15) is 0 Å². The van der Waals surface area contributed by atoms with Crippen molar-refractivity contribution in [1.82, 2.24) is 4.57 Å². The van der Waals surface area contributed by atoms with Crippen molar-refractivity contribution in [2.75, 3.05) is 23.4 Å². The summed E-state index contributed by atoms with van der Waals surface area (Å²) >= 11 is 25.1. The molecule has 3 heterocycles. The molecule has 5 rings (SSSR count). The highest BCUT2D eigenvalue weighted by atomic mass is 127. The lowest BCUT2D eigenvalue weighted by atomic mass is 10.2. The minimum absolute atomic E-state index is 0. The molecule has 3 aromatic rings. The first kappa shape index (κ1) is 20.4. The summed E-state index contributed by atoms with van der Waals surface area (Å²) < 4.78 is 4.42. The molecule has 1 aromatic heterocycles. The Morgan fingerprint density at radius 1 is 0.857 bits per heavy atom. The van der Waals surface area contributed by atoms with E-state index in [0.29, 0.717) is 20.1 Å². The zero-order valence-corrected chi connectivity index (χ0v) is 20.2. The van der Waals surface area contributed by atoms with Crippen LogP contribution in [0, 0.1) is 0 Å². The molecule has 4 nitrogen and oxygen atoms in total. The highest BCUT2D eigenvalue weighted by molar-refractivity contribution is 6.43. The number of nitrogens with zero attached hydrogens (tertiary/aromatic N) is 4. The van der Waals surface area contributed by atoms with E-state index in [0.717, 1.165) is 47.1 Å². The summed E-state index contributed by atoms with van der Waals surface area (Å²) in [6, 6.07) is 7.71. The van der Waals surface area contributed by atoms with Gasteiger partial charge in [0.1, 0.15) is 12.4 Å². The third-order valence-corrected chi connectivity index (χ3v) is 6.83. The van der Waals surface area contributed by atoms with Gasteiger partial charge < -0.3 is 33.8 Å². The second kappa shape index (κ2) is 7.13. The van der Waals surface area contributed by atoms with Crippen molar-refractivity contribution in [1.29, 1.82) is 0 Å². The number of fused-ring (bicyclic) bond motifs is 6. The van der Waals surface area contributed by atoms with E-state index in [4.69, 9.17) is 46.4 Å². The van der Waals surface area contributed by atoms with Crippen LogP contribution in [-0.2, 0) is 13.6 Å². The fourth-order valence-electron chi connectivity index (χ4n) is 4.01. The third-order valence-electron chi connectivity index (χ3n) is 5.39. The summed E-state index contributed by atoms with van der Waals surface area (Å²) in [6.07, 6.45) is 2.18. The summed E-state index contributed by atoms with van der Waals surface area (Å²) in [5.41, 5.74) is 4.23. The standard InChI is InChI=1S/C19H15Cl4N4.HI/c1-24-14-5-10(20)12(22)7-16(14)26-3-4-27-17-8-13(23)11(21)6-15(17)25(2)19(27)9-18(24)26;/h5-9H,3-4H2,1-2H3;1H/q+1;/p-1. The Hall–Kier alpha value is -0.860. The van der Waals surface area contributed by atoms with Crippen LogP contribution < -0.4 is 38.3 Å². The molecular weight excluding hydrogens is 553 g/mol. The predicted octanol–water partition coefficient (Wildman–Crippen LogP) is 2.35. The number of hydrogen-bond acceptors (Lipinski definition) is 2. The van der Waals surface area contributed by atoms with E-state index in [2.05, 4.69) is 25.0 Å². The molecule has 2 aromatic carbocycles. The summed E-state index contributed by atoms with van der Waals surface area (Å²) in [6.45, 7) is 1.61. The average Bonchev–Trinajstić information content (AvgIpc) is 2.92. The van der Waals surface area contributed by atoms with Crippen LogP contribution in [0.5, 0.6) is 0 Å². The number of benzene rings is 2. The van der Waals surface area contributed by atoms with E-state index in [1.165, 1.54) is 0 Å². The highest BCUT2D eigenvalue weighted by Crippen LogP contribution is 2.45. The summed E-state index contributed by atoms with van der Waals surface area (Å²) in [7, 11) is 4.09. The molecule has 9 heteroatoms. The van der Waals surface area contributed by atoms with Gasteiger partial charge in [-0.05, 0) is 12.1 Å². The second-order valence-corrected chi connectivity index (χ2v) is 8.42. The van der Waals surface area contributed by atoms with Crippen LogP contribution in [0.2, 0.25) is 20.1 Å². The van der Waals surface area contributed by atoms with Gasteiger partial charge in [0.05, 0.1) is 51.1 Å². The quantitative estimate of drug-likeness (QED) is 0.306. The molecular formula is C19H15Cl4IN4. The molecule has 0 amide bonds. The maximum Gasteiger partial charge on any atom is 0.285 e. The fourth-order valence-corrected chi connectivity index (χ4v) is 4.64. The molecule has 0 N–H and O–H groups in total. The van der Waals surface area contributed by atoms with Crippen LogP contribution in [0.1, 0.15) is 5.82 Å². The second-order valence-electron chi connectivity index (χ2n) is 6.79. The molecule has 0 bridgehead atoms. The molecule has 0 unspecified atom stereocenters. The zero-order valence-electron chi connectivity index (χ0n) is 15.0. The number of imidazole rings is 1. The summed E-state index contributed by atoms with van der Waals surface area (Å²) in [5.74, 6) is 2.16. The molecule has 0 aliphatic carbocycles. The first-order valence-corrected chi connectivity index (χ1v) is 9.97. The normalized spacial score (nSPS) is 15.0. The monoisotopic (exact) mass is 566 g/mol. The summed E-state index contributed by atoms with van der Waals surface area (Å²) in [4.78, 5) is 4.42. The maximum atomic E-state index is 6.28.